The molecule has 0 bridgehead atoms. The zero-order chi connectivity index (χ0) is 20.4. The van der Waals surface area contributed by atoms with Gasteiger partial charge in [-0.3, -0.25) is 4.79 Å². The zero-order valence-corrected chi connectivity index (χ0v) is 17.2. The maximum Gasteiger partial charge on any atom is 0.277 e. The average Bonchev–Trinajstić information content (AvgIpc) is 3.35. The van der Waals surface area contributed by atoms with Crippen molar-refractivity contribution in [2.24, 2.45) is 0 Å². The van der Waals surface area contributed by atoms with Gasteiger partial charge in [0.1, 0.15) is 16.6 Å². The SMILES string of the molecule is CCc1nn2c(=O)cc(CSc3nnc(C(C)Oc4ccc(F)cc4)o3)nc2s1. The van der Waals surface area contributed by atoms with Crippen molar-refractivity contribution < 1.29 is 13.5 Å². The second-order valence-electron chi connectivity index (χ2n) is 6.04. The molecular formula is C18H16FN5O3S2. The van der Waals surface area contributed by atoms with Crippen LogP contribution in [-0.4, -0.2) is 24.8 Å². The summed E-state index contributed by atoms with van der Waals surface area (Å²) in [4.78, 5) is 17.2. The molecule has 0 aliphatic carbocycles. The molecule has 0 aliphatic rings. The number of ether oxygens (including phenoxy) is 1. The zero-order valence-electron chi connectivity index (χ0n) is 15.5. The van der Waals surface area contributed by atoms with Crippen LogP contribution in [-0.2, 0) is 12.2 Å². The predicted octanol–water partition coefficient (Wildman–Crippen LogP) is 3.67. The van der Waals surface area contributed by atoms with E-state index < -0.39 is 6.10 Å². The number of aryl methyl sites for hydroxylation is 1. The maximum absolute atomic E-state index is 13.0. The normalized spacial score (nSPS) is 12.4. The Morgan fingerprint density at radius 2 is 2.10 bits per heavy atom. The van der Waals surface area contributed by atoms with E-state index in [2.05, 4.69) is 20.3 Å². The van der Waals surface area contributed by atoms with Crippen LogP contribution in [0.1, 0.15) is 36.5 Å². The minimum atomic E-state index is -0.494. The second-order valence-corrected chi connectivity index (χ2v) is 8.01. The van der Waals surface area contributed by atoms with Crippen molar-refractivity contribution >= 4 is 28.1 Å². The summed E-state index contributed by atoms with van der Waals surface area (Å²) >= 11 is 2.68. The van der Waals surface area contributed by atoms with Crippen LogP contribution in [0.4, 0.5) is 4.39 Å². The molecule has 0 saturated heterocycles. The molecule has 0 fully saturated rings. The number of halogens is 1. The molecule has 1 aromatic carbocycles. The Morgan fingerprint density at radius 3 is 2.86 bits per heavy atom. The Morgan fingerprint density at radius 1 is 1.31 bits per heavy atom. The number of benzene rings is 1. The minimum absolute atomic E-state index is 0.214. The molecule has 0 spiro atoms. The average molecular weight is 433 g/mol. The predicted molar refractivity (Wildman–Crippen MR) is 106 cm³/mol. The first-order valence-corrected chi connectivity index (χ1v) is 10.6. The molecule has 3 aromatic heterocycles. The van der Waals surface area contributed by atoms with Crippen molar-refractivity contribution in [2.45, 2.75) is 37.3 Å². The summed E-state index contributed by atoms with van der Waals surface area (Å²) in [5, 5.41) is 13.4. The van der Waals surface area contributed by atoms with Gasteiger partial charge in [-0.25, -0.2) is 9.37 Å². The van der Waals surface area contributed by atoms with Crippen LogP contribution in [0, 0.1) is 5.82 Å². The number of hydrogen-bond donors (Lipinski definition) is 0. The number of fused-ring (bicyclic) bond motifs is 1. The van der Waals surface area contributed by atoms with Crippen LogP contribution in [0.25, 0.3) is 4.96 Å². The van der Waals surface area contributed by atoms with E-state index in [1.807, 2.05) is 6.92 Å². The van der Waals surface area contributed by atoms with E-state index in [4.69, 9.17) is 9.15 Å². The van der Waals surface area contributed by atoms with E-state index in [-0.39, 0.29) is 11.4 Å². The van der Waals surface area contributed by atoms with E-state index >= 15 is 0 Å². The van der Waals surface area contributed by atoms with Gasteiger partial charge in [-0.15, -0.1) is 10.2 Å². The molecule has 4 aromatic rings. The molecule has 0 N–H and O–H groups in total. The number of nitrogens with zero attached hydrogens (tertiary/aromatic N) is 5. The summed E-state index contributed by atoms with van der Waals surface area (Å²) in [6.07, 6.45) is 0.256. The molecule has 0 radical (unpaired) electrons. The molecule has 150 valence electrons. The van der Waals surface area contributed by atoms with Crippen molar-refractivity contribution in [3.05, 3.63) is 63.1 Å². The molecule has 1 atom stereocenters. The lowest BCUT2D eigenvalue weighted by atomic mass is 10.3. The first-order valence-electron chi connectivity index (χ1n) is 8.79. The Labute approximate surface area is 172 Å². The number of aromatic nitrogens is 5. The Bertz CT molecular complexity index is 1190. The van der Waals surface area contributed by atoms with E-state index in [9.17, 15) is 9.18 Å². The van der Waals surface area contributed by atoms with Gasteiger partial charge in [0.15, 0.2) is 6.10 Å². The first-order chi connectivity index (χ1) is 14.0. The Balaban J connectivity index is 1.42. The van der Waals surface area contributed by atoms with Crippen LogP contribution in [0.5, 0.6) is 5.75 Å². The van der Waals surface area contributed by atoms with Crippen molar-refractivity contribution in [1.29, 1.82) is 0 Å². The summed E-state index contributed by atoms with van der Waals surface area (Å²) in [6, 6.07) is 7.14. The summed E-state index contributed by atoms with van der Waals surface area (Å²) in [6.45, 7) is 3.74. The fraction of sp³-hybridized carbons (Fsp3) is 0.278. The van der Waals surface area contributed by atoms with Crippen LogP contribution in [0.3, 0.4) is 0 Å². The highest BCUT2D eigenvalue weighted by atomic mass is 32.2. The molecule has 8 nitrogen and oxygen atoms in total. The van der Waals surface area contributed by atoms with Gasteiger partial charge >= 0.3 is 0 Å². The fourth-order valence-corrected chi connectivity index (χ4v) is 3.98. The van der Waals surface area contributed by atoms with Crippen LogP contribution in [0.2, 0.25) is 0 Å². The van der Waals surface area contributed by atoms with Crippen molar-refractivity contribution in [3.8, 4) is 5.75 Å². The summed E-state index contributed by atoms with van der Waals surface area (Å²) in [5.74, 6) is 0.868. The van der Waals surface area contributed by atoms with E-state index in [1.54, 1.807) is 6.92 Å². The van der Waals surface area contributed by atoms with Gasteiger partial charge in [0.2, 0.25) is 4.96 Å². The molecule has 1 unspecified atom stereocenters. The molecule has 0 saturated carbocycles. The van der Waals surface area contributed by atoms with Gasteiger partial charge < -0.3 is 9.15 Å². The first kappa shape index (κ1) is 19.5. The second kappa shape index (κ2) is 8.29. The van der Waals surface area contributed by atoms with Crippen LogP contribution >= 0.6 is 23.1 Å². The highest BCUT2D eigenvalue weighted by Gasteiger charge is 2.17. The lowest BCUT2D eigenvalue weighted by Crippen LogP contribution is -2.15. The molecule has 0 amide bonds. The molecule has 3 heterocycles. The summed E-state index contributed by atoms with van der Waals surface area (Å²) in [7, 11) is 0. The van der Waals surface area contributed by atoms with Crippen molar-refractivity contribution in [3.63, 3.8) is 0 Å². The van der Waals surface area contributed by atoms with E-state index in [0.717, 1.165) is 11.4 Å². The van der Waals surface area contributed by atoms with Crippen molar-refractivity contribution in [1.82, 2.24) is 24.8 Å². The third-order valence-electron chi connectivity index (χ3n) is 3.88. The van der Waals surface area contributed by atoms with Crippen molar-refractivity contribution in [2.75, 3.05) is 0 Å². The number of hydrogen-bond acceptors (Lipinski definition) is 9. The minimum Gasteiger partial charge on any atom is -0.481 e. The third-order valence-corrected chi connectivity index (χ3v) is 5.79. The Hall–Kier alpha value is -2.79. The highest BCUT2D eigenvalue weighted by molar-refractivity contribution is 7.98. The molecular weight excluding hydrogens is 417 g/mol. The number of rotatable bonds is 7. The molecule has 4 rings (SSSR count). The molecule has 0 aliphatic heterocycles. The maximum atomic E-state index is 13.0. The van der Waals surface area contributed by atoms with Crippen LogP contribution in [0.15, 0.2) is 44.8 Å². The molecule has 29 heavy (non-hydrogen) atoms. The fourth-order valence-electron chi connectivity index (χ4n) is 2.46. The lowest BCUT2D eigenvalue weighted by Gasteiger charge is -2.10. The summed E-state index contributed by atoms with van der Waals surface area (Å²) < 4.78 is 25.6. The quantitative estimate of drug-likeness (QED) is 0.408. The Kier molecular flexibility index (Phi) is 5.58. The lowest BCUT2D eigenvalue weighted by molar-refractivity contribution is 0.181. The largest absolute Gasteiger partial charge is 0.481 e. The summed E-state index contributed by atoms with van der Waals surface area (Å²) in [5.41, 5.74) is 0.399. The number of thioether (sulfide) groups is 1. The van der Waals surface area contributed by atoms with E-state index in [0.29, 0.717) is 33.3 Å². The highest BCUT2D eigenvalue weighted by Crippen LogP contribution is 2.26. The van der Waals surface area contributed by atoms with Gasteiger partial charge in [0.25, 0.3) is 16.7 Å². The third kappa shape index (κ3) is 4.46. The topological polar surface area (TPSA) is 95.4 Å². The standard InChI is InChI=1S/C18H16FN5O3S2/c1-3-14-23-24-15(25)8-12(20-17(24)29-14)9-28-18-22-21-16(27-18)10(2)26-13-6-4-11(19)5-7-13/h4-8,10H,3,9H2,1-2H3. The molecule has 11 heteroatoms. The van der Waals surface area contributed by atoms with Gasteiger partial charge in [-0.2, -0.15) is 9.61 Å². The van der Waals surface area contributed by atoms with Gasteiger partial charge in [0, 0.05) is 11.8 Å². The van der Waals surface area contributed by atoms with Crippen LogP contribution < -0.4 is 10.3 Å². The smallest absolute Gasteiger partial charge is 0.277 e. The van der Waals surface area contributed by atoms with Gasteiger partial charge in [0.05, 0.1) is 5.69 Å². The van der Waals surface area contributed by atoms with E-state index in [1.165, 1.54) is 57.9 Å². The van der Waals surface area contributed by atoms with Gasteiger partial charge in [-0.1, -0.05) is 30.0 Å². The monoisotopic (exact) mass is 433 g/mol. The van der Waals surface area contributed by atoms with Gasteiger partial charge in [-0.05, 0) is 37.6 Å².